The maximum absolute atomic E-state index is 10.6. The number of nitrogens with zero attached hydrogens (tertiary/aromatic N) is 3. The van der Waals surface area contributed by atoms with Crippen molar-refractivity contribution in [1.29, 1.82) is 0 Å². The summed E-state index contributed by atoms with van der Waals surface area (Å²) in [7, 11) is 0. The Morgan fingerprint density at radius 3 is 2.81 bits per heavy atom. The van der Waals surface area contributed by atoms with Gasteiger partial charge in [0.05, 0.1) is 11.9 Å². The lowest BCUT2D eigenvalue weighted by Crippen LogP contribution is -2.06. The first-order valence-electron chi connectivity index (χ1n) is 4.39. The zero-order valence-corrected chi connectivity index (χ0v) is 8.03. The Hall–Kier alpha value is -2.50. The van der Waals surface area contributed by atoms with E-state index >= 15 is 0 Å². The Kier molecular flexibility index (Phi) is 2.47. The summed E-state index contributed by atoms with van der Waals surface area (Å²) in [4.78, 5) is 14.4. The summed E-state index contributed by atoms with van der Waals surface area (Å²) in [5.74, 6) is -1.54. The molecule has 2 rings (SSSR count). The molecule has 1 aromatic heterocycles. The number of carboxylic acid groups (broad SMARTS) is 1. The minimum atomic E-state index is -1.24. The Bertz CT molecular complexity index is 542. The molecule has 0 radical (unpaired) electrons. The molecular formula is C10H7N3O3. The van der Waals surface area contributed by atoms with E-state index in [4.69, 9.17) is 5.11 Å². The quantitative estimate of drug-likeness (QED) is 0.777. The Morgan fingerprint density at radius 1 is 1.31 bits per heavy atom. The smallest absolute Gasteiger partial charge is 0.375 e. The maximum atomic E-state index is 10.6. The van der Waals surface area contributed by atoms with Gasteiger partial charge in [0.2, 0.25) is 0 Å². The lowest BCUT2D eigenvalue weighted by Gasteiger charge is -2.00. The van der Waals surface area contributed by atoms with Gasteiger partial charge in [-0.1, -0.05) is 12.1 Å². The van der Waals surface area contributed by atoms with E-state index in [1.54, 1.807) is 12.1 Å². The molecule has 0 atom stereocenters. The van der Waals surface area contributed by atoms with Gasteiger partial charge in [0.25, 0.3) is 5.82 Å². The third-order valence-corrected chi connectivity index (χ3v) is 1.89. The fourth-order valence-corrected chi connectivity index (χ4v) is 1.20. The average molecular weight is 217 g/mol. The molecule has 16 heavy (non-hydrogen) atoms. The topological polar surface area (TPSA) is 96.2 Å². The minimum Gasteiger partial charge on any atom is -0.508 e. The van der Waals surface area contributed by atoms with Crippen LogP contribution in [0, 0.1) is 0 Å². The zero-order valence-electron chi connectivity index (χ0n) is 8.03. The number of rotatable bonds is 2. The Morgan fingerprint density at radius 2 is 2.12 bits per heavy atom. The molecule has 0 amide bonds. The summed E-state index contributed by atoms with van der Waals surface area (Å²) >= 11 is 0. The molecule has 0 spiro atoms. The molecule has 0 aliphatic heterocycles. The molecule has 6 heteroatoms. The molecule has 80 valence electrons. The van der Waals surface area contributed by atoms with Crippen LogP contribution in [0.2, 0.25) is 0 Å². The minimum absolute atomic E-state index is 0.0768. The van der Waals surface area contributed by atoms with E-state index in [0.717, 1.165) is 0 Å². The number of phenolic OH excluding ortho intramolecular Hbond substituents is 1. The number of carbonyl (C=O) groups is 1. The first kappa shape index (κ1) is 10.0. The van der Waals surface area contributed by atoms with Crippen molar-refractivity contribution < 1.29 is 15.0 Å². The molecule has 1 aromatic carbocycles. The monoisotopic (exact) mass is 217 g/mol. The van der Waals surface area contributed by atoms with Crippen molar-refractivity contribution in [3.8, 4) is 17.0 Å². The van der Waals surface area contributed by atoms with Crippen LogP contribution >= 0.6 is 0 Å². The number of aromatic hydroxyl groups is 1. The van der Waals surface area contributed by atoms with Crippen LogP contribution in [0.4, 0.5) is 0 Å². The number of hydrogen-bond acceptors (Lipinski definition) is 5. The largest absolute Gasteiger partial charge is 0.508 e. The highest BCUT2D eigenvalue weighted by molar-refractivity contribution is 5.83. The van der Waals surface area contributed by atoms with Gasteiger partial charge in [-0.15, -0.1) is 5.10 Å². The summed E-state index contributed by atoms with van der Waals surface area (Å²) in [6.07, 6.45) is 1.33. The van der Waals surface area contributed by atoms with Gasteiger partial charge < -0.3 is 10.2 Å². The standard InChI is InChI=1S/C10H7N3O3/c14-7-3-1-2-6(4-7)8-5-11-13-9(12-8)10(15)16/h1-5,14H,(H,15,16). The third kappa shape index (κ3) is 1.95. The normalized spacial score (nSPS) is 10.0. The van der Waals surface area contributed by atoms with Crippen LogP contribution in [0.25, 0.3) is 11.3 Å². The van der Waals surface area contributed by atoms with E-state index in [0.29, 0.717) is 11.3 Å². The van der Waals surface area contributed by atoms with Crippen molar-refractivity contribution in [2.75, 3.05) is 0 Å². The van der Waals surface area contributed by atoms with Gasteiger partial charge in [-0.25, -0.2) is 9.78 Å². The van der Waals surface area contributed by atoms with Gasteiger partial charge in [-0.2, -0.15) is 5.10 Å². The molecule has 0 aliphatic carbocycles. The van der Waals surface area contributed by atoms with Crippen molar-refractivity contribution in [2.24, 2.45) is 0 Å². The second kappa shape index (κ2) is 3.93. The van der Waals surface area contributed by atoms with Crippen LogP contribution in [0.1, 0.15) is 10.6 Å². The SMILES string of the molecule is O=C(O)c1nncc(-c2cccc(O)c2)n1. The van der Waals surface area contributed by atoms with Gasteiger partial charge in [0.15, 0.2) is 0 Å². The first-order chi connectivity index (χ1) is 7.66. The molecule has 0 bridgehead atoms. The van der Waals surface area contributed by atoms with Crippen LogP contribution in [-0.2, 0) is 0 Å². The molecule has 0 aliphatic rings. The van der Waals surface area contributed by atoms with Crippen LogP contribution < -0.4 is 0 Å². The second-order valence-electron chi connectivity index (χ2n) is 3.02. The highest BCUT2D eigenvalue weighted by Crippen LogP contribution is 2.20. The molecule has 2 aromatic rings. The second-order valence-corrected chi connectivity index (χ2v) is 3.02. The van der Waals surface area contributed by atoms with Crippen LogP contribution in [0.15, 0.2) is 30.5 Å². The number of hydrogen-bond donors (Lipinski definition) is 2. The molecule has 0 saturated heterocycles. The lowest BCUT2D eigenvalue weighted by molar-refractivity contribution is 0.0682. The summed E-state index contributed by atoms with van der Waals surface area (Å²) in [5, 5.41) is 24.9. The lowest BCUT2D eigenvalue weighted by atomic mass is 10.1. The Labute approximate surface area is 90.2 Å². The number of aromatic carboxylic acids is 1. The molecule has 0 saturated carbocycles. The van der Waals surface area contributed by atoms with Crippen molar-refractivity contribution in [3.63, 3.8) is 0 Å². The predicted molar refractivity (Wildman–Crippen MR) is 53.9 cm³/mol. The summed E-state index contributed by atoms with van der Waals surface area (Å²) in [5.41, 5.74) is 0.931. The summed E-state index contributed by atoms with van der Waals surface area (Å²) in [6, 6.07) is 6.30. The first-order valence-corrected chi connectivity index (χ1v) is 4.39. The highest BCUT2D eigenvalue weighted by Gasteiger charge is 2.09. The van der Waals surface area contributed by atoms with E-state index in [1.165, 1.54) is 18.3 Å². The van der Waals surface area contributed by atoms with Crippen LogP contribution in [0.3, 0.4) is 0 Å². The molecule has 0 fully saturated rings. The molecule has 6 nitrogen and oxygen atoms in total. The highest BCUT2D eigenvalue weighted by atomic mass is 16.4. The van der Waals surface area contributed by atoms with E-state index in [1.807, 2.05) is 0 Å². The summed E-state index contributed by atoms with van der Waals surface area (Å²) in [6.45, 7) is 0. The third-order valence-electron chi connectivity index (χ3n) is 1.89. The molecule has 0 unspecified atom stereocenters. The fourth-order valence-electron chi connectivity index (χ4n) is 1.20. The molecular weight excluding hydrogens is 210 g/mol. The average Bonchev–Trinajstić information content (AvgIpc) is 2.29. The van der Waals surface area contributed by atoms with Crippen molar-refractivity contribution in [3.05, 3.63) is 36.3 Å². The van der Waals surface area contributed by atoms with E-state index in [-0.39, 0.29) is 11.6 Å². The van der Waals surface area contributed by atoms with E-state index < -0.39 is 5.97 Å². The Balaban J connectivity index is 2.48. The van der Waals surface area contributed by atoms with Crippen LogP contribution in [0.5, 0.6) is 5.75 Å². The number of aromatic nitrogens is 3. The summed E-state index contributed by atoms with van der Waals surface area (Å²) < 4.78 is 0. The van der Waals surface area contributed by atoms with Gasteiger partial charge in [0, 0.05) is 5.56 Å². The van der Waals surface area contributed by atoms with Crippen molar-refractivity contribution in [2.45, 2.75) is 0 Å². The van der Waals surface area contributed by atoms with Gasteiger partial charge in [0.1, 0.15) is 5.75 Å². The van der Waals surface area contributed by atoms with E-state index in [9.17, 15) is 9.90 Å². The number of benzene rings is 1. The zero-order chi connectivity index (χ0) is 11.5. The van der Waals surface area contributed by atoms with Gasteiger partial charge in [-0.3, -0.25) is 0 Å². The number of phenols is 1. The van der Waals surface area contributed by atoms with Gasteiger partial charge in [-0.05, 0) is 12.1 Å². The van der Waals surface area contributed by atoms with Crippen molar-refractivity contribution in [1.82, 2.24) is 15.2 Å². The van der Waals surface area contributed by atoms with Crippen LogP contribution in [-0.4, -0.2) is 31.4 Å². The van der Waals surface area contributed by atoms with E-state index in [2.05, 4.69) is 15.2 Å². The maximum Gasteiger partial charge on any atom is 0.375 e. The molecule has 2 N–H and O–H groups in total. The molecule has 1 heterocycles. The van der Waals surface area contributed by atoms with Gasteiger partial charge >= 0.3 is 5.97 Å². The van der Waals surface area contributed by atoms with Crippen molar-refractivity contribution >= 4 is 5.97 Å². The predicted octanol–water partition coefficient (Wildman–Crippen LogP) is 0.942. The fraction of sp³-hybridized carbons (Fsp3) is 0. The number of carboxylic acids is 1.